The zero-order chi connectivity index (χ0) is 21.3. The Labute approximate surface area is 193 Å². The molecule has 0 bridgehead atoms. The number of rotatable bonds is 8. The quantitative estimate of drug-likeness (QED) is 0.236. The molecule has 1 aliphatic heterocycles. The third-order valence-electron chi connectivity index (χ3n) is 4.84. The molecule has 1 unspecified atom stereocenters. The zero-order valence-corrected chi connectivity index (χ0v) is 20.1. The van der Waals surface area contributed by atoms with Crippen LogP contribution in [-0.4, -0.2) is 81.0 Å². The molecule has 1 aromatic carbocycles. The molecule has 0 saturated carbocycles. The summed E-state index contributed by atoms with van der Waals surface area (Å²) in [7, 11) is 1.63. The Morgan fingerprint density at radius 3 is 2.50 bits per heavy atom. The second-order valence-corrected chi connectivity index (χ2v) is 6.90. The van der Waals surface area contributed by atoms with Gasteiger partial charge < -0.3 is 19.7 Å². The van der Waals surface area contributed by atoms with Crippen molar-refractivity contribution >= 4 is 29.9 Å². The van der Waals surface area contributed by atoms with Gasteiger partial charge in [-0.05, 0) is 31.5 Å². The van der Waals surface area contributed by atoms with Gasteiger partial charge in [0.2, 0.25) is 0 Å². The summed E-state index contributed by atoms with van der Waals surface area (Å²) >= 11 is 0. The van der Waals surface area contributed by atoms with E-state index in [0.717, 1.165) is 17.3 Å². The SMILES string of the molecule is CCNC(=NCc1cccc(OCCOC)c1)N1CCN(C(C)C(F)(F)F)CC1.I. The van der Waals surface area contributed by atoms with Gasteiger partial charge in [-0.25, -0.2) is 4.99 Å². The van der Waals surface area contributed by atoms with E-state index in [4.69, 9.17) is 9.47 Å². The first-order chi connectivity index (χ1) is 13.8. The van der Waals surface area contributed by atoms with E-state index >= 15 is 0 Å². The molecule has 1 heterocycles. The minimum absolute atomic E-state index is 0. The van der Waals surface area contributed by atoms with Crippen molar-refractivity contribution in [1.82, 2.24) is 15.1 Å². The number of methoxy groups -OCH3 is 1. The number of hydrogen-bond acceptors (Lipinski definition) is 4. The summed E-state index contributed by atoms with van der Waals surface area (Å²) in [5, 5.41) is 3.24. The maximum absolute atomic E-state index is 12.9. The van der Waals surface area contributed by atoms with Gasteiger partial charge in [0.1, 0.15) is 18.4 Å². The lowest BCUT2D eigenvalue weighted by molar-refractivity contribution is -0.181. The largest absolute Gasteiger partial charge is 0.491 e. The Bertz CT molecular complexity index is 653. The van der Waals surface area contributed by atoms with Crippen LogP contribution in [0.3, 0.4) is 0 Å². The monoisotopic (exact) mass is 544 g/mol. The van der Waals surface area contributed by atoms with Gasteiger partial charge in [0.15, 0.2) is 5.96 Å². The minimum Gasteiger partial charge on any atom is -0.491 e. The zero-order valence-electron chi connectivity index (χ0n) is 17.7. The molecule has 6 nitrogen and oxygen atoms in total. The van der Waals surface area contributed by atoms with Crippen molar-refractivity contribution in [3.63, 3.8) is 0 Å². The molecule has 172 valence electrons. The van der Waals surface area contributed by atoms with Crippen LogP contribution in [0.15, 0.2) is 29.3 Å². The summed E-state index contributed by atoms with van der Waals surface area (Å²) in [6.07, 6.45) is -4.20. The highest BCUT2D eigenvalue weighted by molar-refractivity contribution is 14.0. The lowest BCUT2D eigenvalue weighted by Gasteiger charge is -2.39. The molecular weight excluding hydrogens is 512 g/mol. The van der Waals surface area contributed by atoms with Gasteiger partial charge in [-0.15, -0.1) is 24.0 Å². The number of benzene rings is 1. The van der Waals surface area contributed by atoms with E-state index in [1.165, 1.54) is 11.8 Å². The van der Waals surface area contributed by atoms with E-state index < -0.39 is 12.2 Å². The van der Waals surface area contributed by atoms with Gasteiger partial charge >= 0.3 is 6.18 Å². The molecule has 0 aliphatic carbocycles. The van der Waals surface area contributed by atoms with Crippen LogP contribution in [-0.2, 0) is 11.3 Å². The molecule has 1 aromatic rings. The lowest BCUT2D eigenvalue weighted by Crippen LogP contribution is -2.56. The first-order valence-corrected chi connectivity index (χ1v) is 9.89. The Hall–Kier alpha value is -1.27. The number of hydrogen-bond donors (Lipinski definition) is 1. The maximum atomic E-state index is 12.9. The molecule has 1 saturated heterocycles. The Kier molecular flexibility index (Phi) is 11.8. The van der Waals surface area contributed by atoms with Crippen LogP contribution in [0.1, 0.15) is 19.4 Å². The molecule has 0 spiro atoms. The van der Waals surface area contributed by atoms with Gasteiger partial charge in [0, 0.05) is 39.8 Å². The average Bonchev–Trinajstić information content (AvgIpc) is 2.70. The molecule has 1 aliphatic rings. The van der Waals surface area contributed by atoms with Crippen LogP contribution in [0.2, 0.25) is 0 Å². The number of nitrogens with one attached hydrogen (secondary N) is 1. The van der Waals surface area contributed by atoms with E-state index in [9.17, 15) is 13.2 Å². The standard InChI is InChI=1S/C20H31F3N4O2.HI/c1-4-24-19(27-10-8-26(9-11-27)16(2)20(21,22)23)25-15-17-6-5-7-18(14-17)29-13-12-28-3;/h5-7,14,16H,4,8-13,15H2,1-3H3,(H,24,25);1H. The van der Waals surface area contributed by atoms with Crippen LogP contribution in [0, 0.1) is 0 Å². The summed E-state index contributed by atoms with van der Waals surface area (Å²) in [6, 6.07) is 6.28. The van der Waals surface area contributed by atoms with Crippen LogP contribution < -0.4 is 10.1 Å². The highest BCUT2D eigenvalue weighted by Gasteiger charge is 2.41. The first kappa shape index (κ1) is 26.8. The third-order valence-corrected chi connectivity index (χ3v) is 4.84. The summed E-state index contributed by atoms with van der Waals surface area (Å²) in [5.74, 6) is 1.48. The Morgan fingerprint density at radius 2 is 1.90 bits per heavy atom. The number of piperazine rings is 1. The highest BCUT2D eigenvalue weighted by Crippen LogP contribution is 2.25. The van der Waals surface area contributed by atoms with Crippen molar-refractivity contribution in [2.24, 2.45) is 4.99 Å². The third kappa shape index (κ3) is 8.46. The number of aliphatic imine (C=N–C) groups is 1. The summed E-state index contributed by atoms with van der Waals surface area (Å²) in [4.78, 5) is 8.16. The highest BCUT2D eigenvalue weighted by atomic mass is 127. The fourth-order valence-electron chi connectivity index (χ4n) is 3.10. The Balaban J connectivity index is 0.00000450. The smallest absolute Gasteiger partial charge is 0.403 e. The molecule has 0 aromatic heterocycles. The summed E-state index contributed by atoms with van der Waals surface area (Å²) in [6.45, 7) is 7.07. The van der Waals surface area contributed by atoms with Crippen LogP contribution >= 0.6 is 24.0 Å². The van der Waals surface area contributed by atoms with Crippen molar-refractivity contribution in [1.29, 1.82) is 0 Å². The van der Waals surface area contributed by atoms with Gasteiger partial charge in [-0.3, -0.25) is 4.90 Å². The molecule has 10 heteroatoms. The Morgan fingerprint density at radius 1 is 1.20 bits per heavy atom. The minimum atomic E-state index is -4.20. The van der Waals surface area contributed by atoms with Crippen molar-refractivity contribution in [2.45, 2.75) is 32.6 Å². The fraction of sp³-hybridized carbons (Fsp3) is 0.650. The summed E-state index contributed by atoms with van der Waals surface area (Å²) in [5.41, 5.74) is 1.000. The lowest BCUT2D eigenvalue weighted by atomic mass is 10.2. The first-order valence-electron chi connectivity index (χ1n) is 9.89. The van der Waals surface area contributed by atoms with Crippen molar-refractivity contribution in [3.05, 3.63) is 29.8 Å². The molecular formula is C20H32F3IN4O2. The van der Waals surface area contributed by atoms with E-state index in [-0.39, 0.29) is 24.0 Å². The van der Waals surface area contributed by atoms with Gasteiger partial charge in [0.05, 0.1) is 13.2 Å². The number of halogens is 4. The van der Waals surface area contributed by atoms with Crippen LogP contribution in [0.25, 0.3) is 0 Å². The van der Waals surface area contributed by atoms with Crippen molar-refractivity contribution in [3.8, 4) is 5.75 Å². The second-order valence-electron chi connectivity index (χ2n) is 6.90. The normalized spacial score (nSPS) is 16.7. The number of ether oxygens (including phenoxy) is 2. The van der Waals surface area contributed by atoms with E-state index in [0.29, 0.717) is 52.5 Å². The van der Waals surface area contributed by atoms with Gasteiger partial charge in [-0.2, -0.15) is 13.2 Å². The predicted octanol–water partition coefficient (Wildman–Crippen LogP) is 3.36. The van der Waals surface area contributed by atoms with Crippen molar-refractivity contribution < 1.29 is 22.6 Å². The van der Waals surface area contributed by atoms with Gasteiger partial charge in [0.25, 0.3) is 0 Å². The molecule has 30 heavy (non-hydrogen) atoms. The van der Waals surface area contributed by atoms with Gasteiger partial charge in [-0.1, -0.05) is 12.1 Å². The second kappa shape index (κ2) is 13.2. The fourth-order valence-corrected chi connectivity index (χ4v) is 3.10. The predicted molar refractivity (Wildman–Crippen MR) is 123 cm³/mol. The molecule has 0 amide bonds. The average molecular weight is 544 g/mol. The number of alkyl halides is 3. The van der Waals surface area contributed by atoms with E-state index in [1.54, 1.807) is 7.11 Å². The number of guanidine groups is 1. The topological polar surface area (TPSA) is 49.3 Å². The van der Waals surface area contributed by atoms with Crippen LogP contribution in [0.5, 0.6) is 5.75 Å². The molecule has 1 N–H and O–H groups in total. The molecule has 1 fully saturated rings. The van der Waals surface area contributed by atoms with Crippen molar-refractivity contribution in [2.75, 3.05) is 53.0 Å². The van der Waals surface area contributed by atoms with Crippen LogP contribution in [0.4, 0.5) is 13.2 Å². The molecule has 2 rings (SSSR count). The van der Waals surface area contributed by atoms with E-state index in [1.807, 2.05) is 36.1 Å². The molecule has 1 atom stereocenters. The number of nitrogens with zero attached hydrogens (tertiary/aromatic N) is 3. The van der Waals surface area contributed by atoms with E-state index in [2.05, 4.69) is 10.3 Å². The summed E-state index contributed by atoms with van der Waals surface area (Å²) < 4.78 is 49.4. The maximum Gasteiger partial charge on any atom is 0.403 e. The molecule has 0 radical (unpaired) electrons.